The van der Waals surface area contributed by atoms with Crippen molar-refractivity contribution >= 4 is 5.91 Å². The van der Waals surface area contributed by atoms with E-state index in [1.165, 1.54) is 6.07 Å². The fourth-order valence-corrected chi connectivity index (χ4v) is 3.89. The Labute approximate surface area is 168 Å². The molecule has 0 fully saturated rings. The van der Waals surface area contributed by atoms with Crippen LogP contribution in [0.4, 0.5) is 0 Å². The van der Waals surface area contributed by atoms with Gasteiger partial charge in [0.1, 0.15) is 5.76 Å². The molecule has 0 saturated carbocycles. The fraction of sp³-hybridized carbons (Fsp3) is 0.261. The van der Waals surface area contributed by atoms with Gasteiger partial charge in [-0.3, -0.25) is 9.59 Å². The summed E-state index contributed by atoms with van der Waals surface area (Å²) in [6.07, 6.45) is 2.48. The molecule has 3 heterocycles. The van der Waals surface area contributed by atoms with Crippen molar-refractivity contribution in [1.29, 1.82) is 0 Å². The van der Waals surface area contributed by atoms with Crippen LogP contribution < -0.4 is 11.2 Å². The molecule has 2 aromatic heterocycles. The number of carbonyl (C=O) groups excluding carboxylic acids is 1. The van der Waals surface area contributed by atoms with Gasteiger partial charge < -0.3 is 13.9 Å². The van der Waals surface area contributed by atoms with Crippen LogP contribution in [0.1, 0.15) is 38.4 Å². The number of fused-ring (bicyclic) bond motifs is 1. The Morgan fingerprint density at radius 3 is 2.55 bits per heavy atom. The zero-order valence-electron chi connectivity index (χ0n) is 16.5. The van der Waals surface area contributed by atoms with Crippen LogP contribution in [-0.2, 0) is 19.5 Å². The summed E-state index contributed by atoms with van der Waals surface area (Å²) >= 11 is 0. The van der Waals surface area contributed by atoms with Crippen molar-refractivity contribution < 1.29 is 9.21 Å². The molecule has 6 heteroatoms. The molecule has 0 unspecified atom stereocenters. The van der Waals surface area contributed by atoms with E-state index in [2.05, 4.69) is 0 Å². The molecule has 4 rings (SSSR count). The minimum Gasteiger partial charge on any atom is -0.427 e. The number of pyridine rings is 1. The number of aryl methyl sites for hydroxylation is 2. The molecular formula is C23H22N2O4. The number of carbonyl (C=O) groups is 1. The van der Waals surface area contributed by atoms with Crippen LogP contribution in [0.3, 0.4) is 0 Å². The molecule has 1 amide bonds. The Balaban J connectivity index is 1.63. The van der Waals surface area contributed by atoms with Gasteiger partial charge in [-0.2, -0.15) is 0 Å². The summed E-state index contributed by atoms with van der Waals surface area (Å²) in [5, 5.41) is 0. The highest BCUT2D eigenvalue weighted by Gasteiger charge is 2.26. The number of nitrogens with zero attached hydrogens (tertiary/aromatic N) is 2. The summed E-state index contributed by atoms with van der Waals surface area (Å²) in [6, 6.07) is 12.8. The zero-order chi connectivity index (χ0) is 20.5. The maximum atomic E-state index is 13.1. The molecule has 1 aromatic carbocycles. The molecule has 0 atom stereocenters. The molecule has 1 aliphatic rings. The standard InChI is InChI=1S/C23H22N2O4/c1-15-10-21(27)29-16(2)22(15)23(28)24-9-8-18-11-20(26)25(14-19(18)13-24)12-17-6-4-3-5-7-17/h3-7,10-11,14H,8-9,12-13H2,1-2H3. The smallest absolute Gasteiger partial charge is 0.336 e. The number of amides is 1. The first-order valence-corrected chi connectivity index (χ1v) is 9.59. The van der Waals surface area contributed by atoms with Crippen LogP contribution in [0, 0.1) is 13.8 Å². The minimum absolute atomic E-state index is 0.0381. The molecule has 0 N–H and O–H groups in total. The van der Waals surface area contributed by atoms with Crippen molar-refractivity contribution in [2.24, 2.45) is 0 Å². The Kier molecular flexibility index (Phi) is 4.92. The number of hydrogen-bond acceptors (Lipinski definition) is 4. The Hall–Kier alpha value is -3.41. The molecular weight excluding hydrogens is 368 g/mol. The minimum atomic E-state index is -0.453. The third-order valence-electron chi connectivity index (χ3n) is 5.35. The van der Waals surface area contributed by atoms with E-state index in [0.717, 1.165) is 16.7 Å². The van der Waals surface area contributed by atoms with Gasteiger partial charge in [0, 0.05) is 31.4 Å². The highest BCUT2D eigenvalue weighted by molar-refractivity contribution is 5.96. The van der Waals surface area contributed by atoms with Crippen LogP contribution in [-0.4, -0.2) is 21.9 Å². The summed E-state index contributed by atoms with van der Waals surface area (Å²) in [5.41, 5.74) is 3.55. The molecule has 0 radical (unpaired) electrons. The molecule has 0 bridgehead atoms. The number of aromatic nitrogens is 1. The average molecular weight is 390 g/mol. The van der Waals surface area contributed by atoms with Crippen molar-refractivity contribution in [2.45, 2.75) is 33.4 Å². The third kappa shape index (κ3) is 3.78. The monoisotopic (exact) mass is 390 g/mol. The van der Waals surface area contributed by atoms with Crippen LogP contribution in [0.25, 0.3) is 0 Å². The van der Waals surface area contributed by atoms with Crippen molar-refractivity contribution in [3.63, 3.8) is 0 Å². The van der Waals surface area contributed by atoms with Crippen LogP contribution in [0.2, 0.25) is 0 Å². The largest absolute Gasteiger partial charge is 0.427 e. The van der Waals surface area contributed by atoms with Gasteiger partial charge in [0.25, 0.3) is 11.5 Å². The molecule has 0 saturated heterocycles. The molecule has 6 nitrogen and oxygen atoms in total. The van der Waals surface area contributed by atoms with Gasteiger partial charge in [0.05, 0.1) is 12.1 Å². The second-order valence-electron chi connectivity index (χ2n) is 7.43. The van der Waals surface area contributed by atoms with Gasteiger partial charge in [-0.25, -0.2) is 4.79 Å². The second-order valence-corrected chi connectivity index (χ2v) is 7.43. The lowest BCUT2D eigenvalue weighted by Gasteiger charge is -2.30. The fourth-order valence-electron chi connectivity index (χ4n) is 3.89. The summed E-state index contributed by atoms with van der Waals surface area (Å²) in [7, 11) is 0. The van der Waals surface area contributed by atoms with E-state index >= 15 is 0 Å². The first-order valence-electron chi connectivity index (χ1n) is 9.59. The highest BCUT2D eigenvalue weighted by atomic mass is 16.4. The quantitative estimate of drug-likeness (QED) is 0.689. The van der Waals surface area contributed by atoms with E-state index in [9.17, 15) is 14.4 Å². The molecule has 148 valence electrons. The van der Waals surface area contributed by atoms with Crippen LogP contribution >= 0.6 is 0 Å². The van der Waals surface area contributed by atoms with Crippen molar-refractivity contribution in [3.8, 4) is 0 Å². The summed E-state index contributed by atoms with van der Waals surface area (Å²) in [4.78, 5) is 38.9. The van der Waals surface area contributed by atoms with E-state index in [1.807, 2.05) is 36.5 Å². The summed E-state index contributed by atoms with van der Waals surface area (Å²) < 4.78 is 6.80. The van der Waals surface area contributed by atoms with E-state index in [4.69, 9.17) is 4.42 Å². The van der Waals surface area contributed by atoms with E-state index in [-0.39, 0.29) is 11.5 Å². The van der Waals surface area contributed by atoms with Crippen LogP contribution in [0.5, 0.6) is 0 Å². The van der Waals surface area contributed by atoms with E-state index < -0.39 is 5.63 Å². The zero-order valence-corrected chi connectivity index (χ0v) is 16.5. The number of benzene rings is 1. The number of hydrogen-bond donors (Lipinski definition) is 0. The van der Waals surface area contributed by atoms with E-state index in [1.54, 1.807) is 29.4 Å². The predicted molar refractivity (Wildman–Crippen MR) is 109 cm³/mol. The lowest BCUT2D eigenvalue weighted by atomic mass is 10.00. The van der Waals surface area contributed by atoms with Crippen molar-refractivity contribution in [3.05, 3.63) is 103 Å². The average Bonchev–Trinajstić information content (AvgIpc) is 2.68. The lowest BCUT2D eigenvalue weighted by Crippen LogP contribution is -2.38. The van der Waals surface area contributed by atoms with Gasteiger partial charge in [-0.1, -0.05) is 30.3 Å². The highest BCUT2D eigenvalue weighted by Crippen LogP contribution is 2.22. The van der Waals surface area contributed by atoms with Gasteiger partial charge in [-0.15, -0.1) is 0 Å². The first kappa shape index (κ1) is 18.9. The molecule has 0 aliphatic carbocycles. The maximum Gasteiger partial charge on any atom is 0.336 e. The molecule has 0 spiro atoms. The topological polar surface area (TPSA) is 72.5 Å². The maximum absolute atomic E-state index is 13.1. The van der Waals surface area contributed by atoms with Crippen LogP contribution in [0.15, 0.2) is 62.7 Å². The van der Waals surface area contributed by atoms with Gasteiger partial charge >= 0.3 is 5.63 Å². The summed E-state index contributed by atoms with van der Waals surface area (Å²) in [5.74, 6) is 0.176. The van der Waals surface area contributed by atoms with Gasteiger partial charge in [-0.05, 0) is 42.5 Å². The Morgan fingerprint density at radius 1 is 1.07 bits per heavy atom. The van der Waals surface area contributed by atoms with Crippen molar-refractivity contribution in [1.82, 2.24) is 9.47 Å². The lowest BCUT2D eigenvalue weighted by molar-refractivity contribution is 0.0729. The second kappa shape index (κ2) is 7.54. The first-order chi connectivity index (χ1) is 13.9. The molecule has 29 heavy (non-hydrogen) atoms. The molecule has 1 aliphatic heterocycles. The predicted octanol–water partition coefficient (Wildman–Crippen LogP) is 2.67. The van der Waals surface area contributed by atoms with E-state index in [0.29, 0.717) is 42.9 Å². The molecule has 3 aromatic rings. The van der Waals surface area contributed by atoms with Crippen molar-refractivity contribution in [2.75, 3.05) is 6.54 Å². The van der Waals surface area contributed by atoms with Gasteiger partial charge in [0.15, 0.2) is 0 Å². The number of rotatable bonds is 3. The third-order valence-corrected chi connectivity index (χ3v) is 5.35. The van der Waals surface area contributed by atoms with Gasteiger partial charge in [0.2, 0.25) is 0 Å². The Bertz CT molecular complexity index is 1170. The SMILES string of the molecule is Cc1cc(=O)oc(C)c1C(=O)N1CCc2cc(=O)n(Cc3ccccc3)cc2C1. The normalized spacial score (nSPS) is 13.2. The summed E-state index contributed by atoms with van der Waals surface area (Å²) in [6.45, 7) is 4.81. The Morgan fingerprint density at radius 2 is 1.83 bits per heavy atom.